The van der Waals surface area contributed by atoms with E-state index in [4.69, 9.17) is 4.74 Å². The summed E-state index contributed by atoms with van der Waals surface area (Å²) in [6.07, 6.45) is 13.6. The molecule has 7 heteroatoms. The Bertz CT molecular complexity index is 1120. The molecule has 4 rings (SSSR count). The van der Waals surface area contributed by atoms with Crippen LogP contribution in [0.25, 0.3) is 5.69 Å². The number of ketones is 1. The Balaban J connectivity index is 1.28. The summed E-state index contributed by atoms with van der Waals surface area (Å²) in [6.45, 7) is 4.99. The number of Topliss-reactive ketones (excluding diaryl/α,β-unsaturated/α-hetero) is 1. The Morgan fingerprint density at radius 3 is 2.36 bits per heavy atom. The Morgan fingerprint density at radius 2 is 1.64 bits per heavy atom. The van der Waals surface area contributed by atoms with Gasteiger partial charge in [-0.15, -0.1) is 5.10 Å². The van der Waals surface area contributed by atoms with Gasteiger partial charge in [0.25, 0.3) is 0 Å². The number of hydrogen-bond donors (Lipinski definition) is 0. The zero-order valence-electron chi connectivity index (χ0n) is 21.6. The molecule has 6 nitrogen and oxygen atoms in total. The average Bonchev–Trinajstić information content (AvgIpc) is 3.50. The molecular weight excluding hydrogens is 468 g/mol. The van der Waals surface area contributed by atoms with Crippen molar-refractivity contribution in [3.8, 4) is 11.4 Å². The van der Waals surface area contributed by atoms with Crippen LogP contribution >= 0.6 is 11.8 Å². The first kappa shape index (κ1) is 26.4. The average molecular weight is 507 g/mol. The first-order valence-electron chi connectivity index (χ1n) is 13.5. The zero-order valence-corrected chi connectivity index (χ0v) is 22.4. The highest BCUT2D eigenvalue weighted by atomic mass is 32.2. The van der Waals surface area contributed by atoms with Gasteiger partial charge in [-0.2, -0.15) is 4.68 Å². The Labute approximate surface area is 219 Å². The van der Waals surface area contributed by atoms with Crippen LogP contribution in [-0.4, -0.2) is 37.8 Å². The van der Waals surface area contributed by atoms with E-state index in [9.17, 15) is 4.79 Å². The van der Waals surface area contributed by atoms with E-state index in [1.807, 2.05) is 36.4 Å². The number of aromatic nitrogens is 4. The van der Waals surface area contributed by atoms with Crippen LogP contribution in [0.4, 0.5) is 0 Å². The predicted octanol–water partition coefficient (Wildman–Crippen LogP) is 7.17. The number of carbonyl (C=O) groups excluding carboxylic acids is 1. The summed E-state index contributed by atoms with van der Waals surface area (Å²) in [5.41, 5.74) is 3.86. The second kappa shape index (κ2) is 13.6. The number of hydrogen-bond acceptors (Lipinski definition) is 6. The van der Waals surface area contributed by atoms with Crippen LogP contribution in [0.3, 0.4) is 0 Å². The fourth-order valence-corrected chi connectivity index (χ4v) is 5.86. The Hall–Kier alpha value is -2.67. The molecule has 3 aromatic rings. The monoisotopic (exact) mass is 506 g/mol. The van der Waals surface area contributed by atoms with Crippen molar-refractivity contribution in [2.75, 3.05) is 6.61 Å². The van der Waals surface area contributed by atoms with E-state index in [0.29, 0.717) is 18.2 Å². The minimum Gasteiger partial charge on any atom is -0.493 e. The first-order valence-corrected chi connectivity index (χ1v) is 14.4. The molecule has 192 valence electrons. The summed E-state index contributed by atoms with van der Waals surface area (Å²) < 4.78 is 7.84. The summed E-state index contributed by atoms with van der Waals surface area (Å²) in [7, 11) is 0. The number of rotatable bonds is 15. The van der Waals surface area contributed by atoms with E-state index in [-0.39, 0.29) is 11.0 Å². The van der Waals surface area contributed by atoms with Crippen molar-refractivity contribution in [3.05, 3.63) is 59.2 Å². The van der Waals surface area contributed by atoms with Gasteiger partial charge in [0.05, 0.1) is 23.1 Å². The minimum atomic E-state index is -0.255. The molecule has 0 bridgehead atoms. The number of benzene rings is 2. The van der Waals surface area contributed by atoms with Gasteiger partial charge in [-0.05, 0) is 59.5 Å². The molecule has 1 aromatic heterocycles. The summed E-state index contributed by atoms with van der Waals surface area (Å²) in [5, 5.41) is 12.5. The highest BCUT2D eigenvalue weighted by Crippen LogP contribution is 2.39. The Morgan fingerprint density at radius 1 is 0.944 bits per heavy atom. The summed E-state index contributed by atoms with van der Waals surface area (Å²) in [6, 6.07) is 13.8. The number of fused-ring (bicyclic) bond motifs is 1. The molecule has 36 heavy (non-hydrogen) atoms. The van der Waals surface area contributed by atoms with Crippen LogP contribution in [-0.2, 0) is 6.42 Å². The molecule has 0 fully saturated rings. The predicted molar refractivity (Wildman–Crippen MR) is 145 cm³/mol. The third kappa shape index (κ3) is 6.75. The number of aryl methyl sites for hydroxylation is 1. The zero-order chi connectivity index (χ0) is 25.2. The van der Waals surface area contributed by atoms with Crippen molar-refractivity contribution in [1.29, 1.82) is 0 Å². The van der Waals surface area contributed by atoms with E-state index in [2.05, 4.69) is 35.4 Å². The number of para-hydroxylation sites is 1. The fourth-order valence-electron chi connectivity index (χ4n) is 4.80. The van der Waals surface area contributed by atoms with Gasteiger partial charge in [0.15, 0.2) is 5.78 Å². The third-order valence-corrected chi connectivity index (χ3v) is 8.01. The lowest BCUT2D eigenvalue weighted by Gasteiger charge is -2.12. The van der Waals surface area contributed by atoms with Crippen molar-refractivity contribution in [3.63, 3.8) is 0 Å². The van der Waals surface area contributed by atoms with Gasteiger partial charge >= 0.3 is 0 Å². The van der Waals surface area contributed by atoms with Crippen molar-refractivity contribution >= 4 is 17.5 Å². The molecule has 1 aliphatic rings. The molecule has 0 N–H and O–H groups in total. The molecule has 1 atom stereocenters. The minimum absolute atomic E-state index is 0.111. The molecule has 0 radical (unpaired) electrons. The highest BCUT2D eigenvalue weighted by molar-refractivity contribution is 8.00. The number of thioether (sulfide) groups is 1. The first-order chi connectivity index (χ1) is 17.7. The largest absolute Gasteiger partial charge is 0.493 e. The van der Waals surface area contributed by atoms with Crippen LogP contribution in [0.2, 0.25) is 0 Å². The van der Waals surface area contributed by atoms with Crippen LogP contribution < -0.4 is 4.74 Å². The highest BCUT2D eigenvalue weighted by Gasteiger charge is 2.36. The molecule has 0 amide bonds. The van der Waals surface area contributed by atoms with Gasteiger partial charge in [-0.3, -0.25) is 4.79 Å². The number of carbonyl (C=O) groups is 1. The topological polar surface area (TPSA) is 69.9 Å². The van der Waals surface area contributed by atoms with Crippen LogP contribution in [0.15, 0.2) is 47.6 Å². The van der Waals surface area contributed by atoms with Gasteiger partial charge in [-0.1, -0.05) is 101 Å². The smallest absolute Gasteiger partial charge is 0.214 e. The number of tetrazole rings is 1. The summed E-state index contributed by atoms with van der Waals surface area (Å²) in [4.78, 5) is 13.5. The van der Waals surface area contributed by atoms with E-state index < -0.39 is 0 Å². The van der Waals surface area contributed by atoms with Crippen LogP contribution in [0.5, 0.6) is 5.75 Å². The van der Waals surface area contributed by atoms with Gasteiger partial charge in [-0.25, -0.2) is 0 Å². The second-order valence-corrected chi connectivity index (χ2v) is 10.8. The van der Waals surface area contributed by atoms with Crippen LogP contribution in [0, 0.1) is 6.92 Å². The maximum absolute atomic E-state index is 13.5. The van der Waals surface area contributed by atoms with Gasteiger partial charge in [0.2, 0.25) is 5.16 Å². The van der Waals surface area contributed by atoms with E-state index in [0.717, 1.165) is 34.5 Å². The number of ether oxygens (including phenoxy) is 1. The molecule has 1 aliphatic carbocycles. The van der Waals surface area contributed by atoms with Crippen LogP contribution in [0.1, 0.15) is 92.6 Å². The molecule has 0 saturated heterocycles. The number of nitrogens with zero attached hydrogens (tertiary/aromatic N) is 4. The quantitative estimate of drug-likeness (QED) is 0.204. The van der Waals surface area contributed by atoms with Gasteiger partial charge < -0.3 is 4.74 Å². The Kier molecular flexibility index (Phi) is 9.96. The van der Waals surface area contributed by atoms with Crippen molar-refractivity contribution < 1.29 is 9.53 Å². The molecule has 2 aromatic carbocycles. The lowest BCUT2D eigenvalue weighted by molar-refractivity contribution is 0.0996. The maximum Gasteiger partial charge on any atom is 0.214 e. The van der Waals surface area contributed by atoms with Gasteiger partial charge in [0, 0.05) is 0 Å². The third-order valence-electron chi connectivity index (χ3n) is 6.88. The SMILES string of the molecule is CCCCCCCCCCCCOc1ccc(C)c2c1C(=O)C(Sc1nnnn1-c1ccccc1)C2. The van der Waals surface area contributed by atoms with Crippen molar-refractivity contribution in [2.24, 2.45) is 0 Å². The summed E-state index contributed by atoms with van der Waals surface area (Å²) in [5.74, 6) is 0.835. The van der Waals surface area contributed by atoms with Gasteiger partial charge in [0.1, 0.15) is 5.75 Å². The normalized spacial score (nSPS) is 14.8. The molecule has 0 spiro atoms. The molecule has 0 aliphatic heterocycles. The van der Waals surface area contributed by atoms with Crippen molar-refractivity contribution in [1.82, 2.24) is 20.2 Å². The number of unbranched alkanes of at least 4 members (excludes halogenated alkanes) is 9. The molecule has 1 heterocycles. The molecule has 1 unspecified atom stereocenters. The second-order valence-electron chi connectivity index (χ2n) is 9.65. The standard InChI is InChI=1S/C29H38N4O2S/c1-3-4-5-6-7-8-9-10-11-15-20-35-25-19-18-22(2)24-21-26(28(34)27(24)25)36-29-30-31-32-33(29)23-16-13-12-14-17-23/h12-14,16-19,26H,3-11,15,20-21H2,1-2H3. The van der Waals surface area contributed by atoms with E-state index in [1.165, 1.54) is 69.5 Å². The van der Waals surface area contributed by atoms with E-state index >= 15 is 0 Å². The molecular formula is C29H38N4O2S. The summed E-state index contributed by atoms with van der Waals surface area (Å²) >= 11 is 1.43. The maximum atomic E-state index is 13.5. The van der Waals surface area contributed by atoms with Crippen molar-refractivity contribution in [2.45, 2.75) is 94.9 Å². The lowest BCUT2D eigenvalue weighted by Crippen LogP contribution is -2.14. The lowest BCUT2D eigenvalue weighted by atomic mass is 10.0. The fraction of sp³-hybridized carbons (Fsp3) is 0.517. The van der Waals surface area contributed by atoms with E-state index in [1.54, 1.807) is 4.68 Å². The molecule has 0 saturated carbocycles.